The summed E-state index contributed by atoms with van der Waals surface area (Å²) in [4.78, 5) is 13.8. The third-order valence-electron chi connectivity index (χ3n) is 3.22. The molecule has 7 heteroatoms. The molecule has 1 fully saturated rings. The van der Waals surface area contributed by atoms with Crippen LogP contribution in [0.5, 0.6) is 0 Å². The van der Waals surface area contributed by atoms with Crippen LogP contribution in [0.2, 0.25) is 0 Å². The maximum Gasteiger partial charge on any atom is 0.240 e. The molecule has 1 rings (SSSR count). The van der Waals surface area contributed by atoms with Crippen LogP contribution < -0.4 is 5.73 Å². The van der Waals surface area contributed by atoms with Crippen LogP contribution in [-0.2, 0) is 14.8 Å². The van der Waals surface area contributed by atoms with Gasteiger partial charge >= 0.3 is 0 Å². The second kappa shape index (κ2) is 5.14. The molecule has 0 aliphatic carbocycles. The molecule has 0 spiro atoms. The second-order valence-electron chi connectivity index (χ2n) is 5.83. The Balaban J connectivity index is 2.61. The average Bonchev–Trinajstić information content (AvgIpc) is 2.25. The van der Waals surface area contributed by atoms with E-state index in [2.05, 4.69) is 0 Å². The molecule has 0 saturated carbocycles. The Hall–Kier alpha value is -0.660. The first-order chi connectivity index (χ1) is 8.03. The molecule has 1 atom stereocenters. The number of carbonyl (C=O) groups excluding carboxylic acids is 1. The Kier molecular flexibility index (Phi) is 4.40. The van der Waals surface area contributed by atoms with Crippen molar-refractivity contribution in [2.75, 3.05) is 32.4 Å². The molecular weight excluding hydrogens is 254 g/mol. The van der Waals surface area contributed by atoms with E-state index in [4.69, 9.17) is 5.73 Å². The maximum atomic E-state index is 12.1. The molecule has 1 saturated heterocycles. The highest BCUT2D eigenvalue weighted by Crippen LogP contribution is 2.20. The van der Waals surface area contributed by atoms with Gasteiger partial charge in [-0.3, -0.25) is 4.79 Å². The van der Waals surface area contributed by atoms with Crippen molar-refractivity contribution in [3.8, 4) is 0 Å². The van der Waals surface area contributed by atoms with Crippen molar-refractivity contribution < 1.29 is 13.2 Å². The fourth-order valence-corrected chi connectivity index (χ4v) is 2.63. The molecule has 0 unspecified atom stereocenters. The molecular formula is C11H23N3O3S. The highest BCUT2D eigenvalue weighted by atomic mass is 32.2. The molecule has 0 radical (unpaired) electrons. The molecule has 0 bridgehead atoms. The molecule has 2 N–H and O–H groups in total. The predicted molar refractivity (Wildman–Crippen MR) is 70.4 cm³/mol. The summed E-state index contributed by atoms with van der Waals surface area (Å²) in [5.74, 6) is -0.101. The summed E-state index contributed by atoms with van der Waals surface area (Å²) in [6.07, 6.45) is 1.19. The number of hydrogen-bond acceptors (Lipinski definition) is 4. The van der Waals surface area contributed by atoms with Crippen molar-refractivity contribution in [3.63, 3.8) is 0 Å². The zero-order chi connectivity index (χ0) is 14.1. The van der Waals surface area contributed by atoms with Gasteiger partial charge in [0.2, 0.25) is 15.9 Å². The topological polar surface area (TPSA) is 83.7 Å². The molecule has 0 aromatic heterocycles. The van der Waals surface area contributed by atoms with Gasteiger partial charge in [-0.05, 0) is 5.41 Å². The highest BCUT2D eigenvalue weighted by molar-refractivity contribution is 7.88. The normalized spacial score (nSPS) is 20.8. The summed E-state index contributed by atoms with van der Waals surface area (Å²) in [6, 6.07) is -0.553. The van der Waals surface area contributed by atoms with Crippen molar-refractivity contribution in [1.29, 1.82) is 0 Å². The first-order valence-electron chi connectivity index (χ1n) is 6.03. The van der Waals surface area contributed by atoms with E-state index in [9.17, 15) is 13.2 Å². The summed E-state index contributed by atoms with van der Waals surface area (Å²) in [6.45, 7) is 7.28. The van der Waals surface area contributed by atoms with E-state index in [0.717, 1.165) is 0 Å². The quantitative estimate of drug-likeness (QED) is 0.735. The lowest BCUT2D eigenvalue weighted by Crippen LogP contribution is -2.56. The van der Waals surface area contributed by atoms with Gasteiger partial charge in [-0.2, -0.15) is 4.31 Å². The lowest BCUT2D eigenvalue weighted by atomic mass is 9.86. The monoisotopic (exact) mass is 277 g/mol. The first kappa shape index (κ1) is 15.4. The Morgan fingerprint density at radius 2 is 1.61 bits per heavy atom. The highest BCUT2D eigenvalue weighted by Gasteiger charge is 2.33. The summed E-state index contributed by atoms with van der Waals surface area (Å²) >= 11 is 0. The van der Waals surface area contributed by atoms with Crippen LogP contribution in [0, 0.1) is 5.41 Å². The van der Waals surface area contributed by atoms with Crippen LogP contribution in [0.3, 0.4) is 0 Å². The SMILES string of the molecule is CC(C)(C)[C@H](N)C(=O)N1CCN(S(C)(=O)=O)CC1. The van der Waals surface area contributed by atoms with Gasteiger partial charge < -0.3 is 10.6 Å². The van der Waals surface area contributed by atoms with E-state index in [-0.39, 0.29) is 11.3 Å². The van der Waals surface area contributed by atoms with Crippen molar-refractivity contribution >= 4 is 15.9 Å². The van der Waals surface area contributed by atoms with Gasteiger partial charge in [0, 0.05) is 26.2 Å². The van der Waals surface area contributed by atoms with Crippen molar-refractivity contribution in [2.24, 2.45) is 11.1 Å². The zero-order valence-corrected chi connectivity index (χ0v) is 12.3. The standard InChI is InChI=1S/C11H23N3O3S/c1-11(2,3)9(12)10(15)13-5-7-14(8-6-13)18(4,16)17/h9H,5-8,12H2,1-4H3/t9-/m1/s1. The number of carbonyl (C=O) groups is 1. The van der Waals surface area contributed by atoms with Crippen molar-refractivity contribution in [3.05, 3.63) is 0 Å². The fourth-order valence-electron chi connectivity index (χ4n) is 1.81. The number of hydrogen-bond donors (Lipinski definition) is 1. The van der Waals surface area contributed by atoms with Crippen LogP contribution in [0.4, 0.5) is 0 Å². The van der Waals surface area contributed by atoms with Crippen LogP contribution in [-0.4, -0.2) is 62.0 Å². The molecule has 6 nitrogen and oxygen atoms in total. The Morgan fingerprint density at radius 1 is 1.17 bits per heavy atom. The van der Waals surface area contributed by atoms with E-state index in [0.29, 0.717) is 26.2 Å². The van der Waals surface area contributed by atoms with Crippen LogP contribution in [0.15, 0.2) is 0 Å². The lowest BCUT2D eigenvalue weighted by Gasteiger charge is -2.37. The number of amides is 1. The largest absolute Gasteiger partial charge is 0.339 e. The molecule has 1 aliphatic rings. The predicted octanol–water partition coefficient (Wildman–Crippen LogP) is -0.536. The van der Waals surface area contributed by atoms with Gasteiger partial charge in [0.15, 0.2) is 0 Å². The van der Waals surface area contributed by atoms with Crippen molar-refractivity contribution in [1.82, 2.24) is 9.21 Å². The van der Waals surface area contributed by atoms with E-state index in [1.807, 2.05) is 20.8 Å². The number of sulfonamides is 1. The molecule has 1 amide bonds. The van der Waals surface area contributed by atoms with Gasteiger partial charge in [0.1, 0.15) is 0 Å². The van der Waals surface area contributed by atoms with Gasteiger partial charge in [-0.15, -0.1) is 0 Å². The zero-order valence-electron chi connectivity index (χ0n) is 11.5. The first-order valence-corrected chi connectivity index (χ1v) is 7.88. The summed E-state index contributed by atoms with van der Waals surface area (Å²) in [5, 5.41) is 0. The number of nitrogens with two attached hydrogens (primary N) is 1. The fraction of sp³-hybridized carbons (Fsp3) is 0.909. The van der Waals surface area contributed by atoms with E-state index in [1.165, 1.54) is 10.6 Å². The minimum Gasteiger partial charge on any atom is -0.339 e. The Morgan fingerprint density at radius 3 is 1.94 bits per heavy atom. The molecule has 106 valence electrons. The average molecular weight is 277 g/mol. The third kappa shape index (κ3) is 3.66. The minimum absolute atomic E-state index is 0.101. The lowest BCUT2D eigenvalue weighted by molar-refractivity contribution is -0.136. The Labute approximate surface area is 109 Å². The number of piperazine rings is 1. The molecule has 1 heterocycles. The molecule has 1 aliphatic heterocycles. The number of nitrogens with zero attached hydrogens (tertiary/aromatic N) is 2. The van der Waals surface area contributed by atoms with Crippen LogP contribution >= 0.6 is 0 Å². The minimum atomic E-state index is -3.16. The second-order valence-corrected chi connectivity index (χ2v) is 7.81. The van der Waals surface area contributed by atoms with Crippen molar-refractivity contribution in [2.45, 2.75) is 26.8 Å². The summed E-state index contributed by atoms with van der Waals surface area (Å²) in [5.41, 5.74) is 5.64. The molecule has 0 aromatic rings. The van der Waals surface area contributed by atoms with Gasteiger partial charge in [0.05, 0.1) is 12.3 Å². The van der Waals surface area contributed by atoms with E-state index in [1.54, 1.807) is 4.90 Å². The van der Waals surface area contributed by atoms with Gasteiger partial charge in [0.25, 0.3) is 0 Å². The van der Waals surface area contributed by atoms with Gasteiger partial charge in [-0.25, -0.2) is 8.42 Å². The summed E-state index contributed by atoms with van der Waals surface area (Å²) < 4.78 is 24.1. The molecule has 0 aromatic carbocycles. The van der Waals surface area contributed by atoms with Crippen LogP contribution in [0.25, 0.3) is 0 Å². The maximum absolute atomic E-state index is 12.1. The third-order valence-corrected chi connectivity index (χ3v) is 4.52. The molecule has 18 heavy (non-hydrogen) atoms. The Bertz CT molecular complexity index is 406. The number of rotatable bonds is 2. The summed E-state index contributed by atoms with van der Waals surface area (Å²) in [7, 11) is -3.16. The van der Waals surface area contributed by atoms with E-state index < -0.39 is 16.1 Å². The van der Waals surface area contributed by atoms with Gasteiger partial charge in [-0.1, -0.05) is 20.8 Å². The van der Waals surface area contributed by atoms with E-state index >= 15 is 0 Å². The smallest absolute Gasteiger partial charge is 0.240 e. The van der Waals surface area contributed by atoms with Crippen LogP contribution in [0.1, 0.15) is 20.8 Å².